The molecule has 0 heterocycles. The minimum absolute atomic E-state index is 0.0449. The summed E-state index contributed by atoms with van der Waals surface area (Å²) in [6.45, 7) is 3.57. The first-order chi connectivity index (χ1) is 14.9. The normalized spacial score (nSPS) is 14.1. The lowest BCUT2D eigenvalue weighted by molar-refractivity contribution is -0.137. The van der Waals surface area contributed by atoms with Gasteiger partial charge in [-0.25, -0.2) is 4.79 Å². The second-order valence-electron chi connectivity index (χ2n) is 7.89. The van der Waals surface area contributed by atoms with E-state index in [-0.39, 0.29) is 30.9 Å². The van der Waals surface area contributed by atoms with Crippen LogP contribution in [0.25, 0.3) is 11.1 Å². The molecular weight excluding hydrogens is 396 g/mol. The van der Waals surface area contributed by atoms with Crippen LogP contribution < -0.4 is 10.6 Å². The van der Waals surface area contributed by atoms with Crippen LogP contribution in [0.5, 0.6) is 0 Å². The molecule has 0 spiro atoms. The Morgan fingerprint density at radius 2 is 1.55 bits per heavy atom. The van der Waals surface area contributed by atoms with Crippen molar-refractivity contribution in [3.05, 3.63) is 59.7 Å². The number of rotatable bonds is 9. The van der Waals surface area contributed by atoms with Crippen LogP contribution in [0, 0.1) is 0 Å². The molecule has 0 bridgehead atoms. The van der Waals surface area contributed by atoms with Gasteiger partial charge in [-0.05, 0) is 48.9 Å². The number of fused-ring (bicyclic) bond motifs is 3. The van der Waals surface area contributed by atoms with Crippen molar-refractivity contribution in [1.82, 2.24) is 10.6 Å². The summed E-state index contributed by atoms with van der Waals surface area (Å²) < 4.78 is 5.46. The van der Waals surface area contributed by atoms with Crippen molar-refractivity contribution < 1.29 is 24.2 Å². The van der Waals surface area contributed by atoms with Crippen LogP contribution in [-0.2, 0) is 14.3 Å². The molecule has 2 aromatic rings. The van der Waals surface area contributed by atoms with Gasteiger partial charge in [0.25, 0.3) is 0 Å². The molecule has 1 unspecified atom stereocenters. The van der Waals surface area contributed by atoms with Crippen LogP contribution in [0.15, 0.2) is 48.5 Å². The molecule has 2 aromatic carbocycles. The fourth-order valence-electron chi connectivity index (χ4n) is 3.88. The van der Waals surface area contributed by atoms with Crippen LogP contribution in [-0.4, -0.2) is 41.8 Å². The molecule has 7 nitrogen and oxygen atoms in total. The minimum Gasteiger partial charge on any atom is -0.481 e. The van der Waals surface area contributed by atoms with Crippen LogP contribution in [0.1, 0.15) is 50.2 Å². The maximum atomic E-state index is 12.3. The van der Waals surface area contributed by atoms with E-state index >= 15 is 0 Å². The predicted octanol–water partition coefficient (Wildman–Crippen LogP) is 3.67. The quantitative estimate of drug-likeness (QED) is 0.570. The highest BCUT2D eigenvalue weighted by Gasteiger charge is 2.29. The lowest BCUT2D eigenvalue weighted by atomic mass is 9.98. The number of benzene rings is 2. The summed E-state index contributed by atoms with van der Waals surface area (Å²) in [6, 6.07) is 15.2. The van der Waals surface area contributed by atoms with E-state index in [0.717, 1.165) is 22.3 Å². The van der Waals surface area contributed by atoms with Crippen molar-refractivity contribution in [1.29, 1.82) is 0 Å². The Morgan fingerprint density at radius 3 is 2.13 bits per heavy atom. The van der Waals surface area contributed by atoms with E-state index in [9.17, 15) is 14.4 Å². The van der Waals surface area contributed by atoms with Crippen molar-refractivity contribution >= 4 is 18.0 Å². The van der Waals surface area contributed by atoms with Gasteiger partial charge in [-0.3, -0.25) is 9.59 Å². The minimum atomic E-state index is -0.858. The zero-order valence-electron chi connectivity index (χ0n) is 17.8. The maximum Gasteiger partial charge on any atom is 0.407 e. The number of nitrogens with one attached hydrogen (secondary N) is 2. The highest BCUT2D eigenvalue weighted by Crippen LogP contribution is 2.44. The van der Waals surface area contributed by atoms with Crippen molar-refractivity contribution in [2.75, 3.05) is 6.61 Å². The van der Waals surface area contributed by atoms with E-state index < -0.39 is 18.1 Å². The largest absolute Gasteiger partial charge is 0.481 e. The average Bonchev–Trinajstić information content (AvgIpc) is 3.05. The van der Waals surface area contributed by atoms with Crippen molar-refractivity contribution in [2.24, 2.45) is 0 Å². The van der Waals surface area contributed by atoms with Crippen molar-refractivity contribution in [3.63, 3.8) is 0 Å². The molecular formula is C24H28N2O5. The average molecular weight is 424 g/mol. The summed E-state index contributed by atoms with van der Waals surface area (Å²) in [6.07, 6.45) is 0.442. The topological polar surface area (TPSA) is 105 Å². The standard InChI is InChI=1S/C24H28N2O5/c1-15(8-7-13-22(27)28)25-23(29)16(2)26-24(30)31-14-21-19-11-5-3-9-17(19)18-10-4-6-12-20(18)21/h3-6,9-12,15-16,21H,7-8,13-14H2,1-2H3,(H,25,29)(H,26,30)(H,27,28)/t15?,16-/m0/s1. The van der Waals surface area contributed by atoms with Crippen LogP contribution in [0.3, 0.4) is 0 Å². The Hall–Kier alpha value is -3.35. The number of alkyl carbamates (subject to hydrolysis) is 1. The van der Waals surface area contributed by atoms with Crippen molar-refractivity contribution in [2.45, 2.75) is 51.1 Å². The fourth-order valence-corrected chi connectivity index (χ4v) is 3.88. The first-order valence-corrected chi connectivity index (χ1v) is 10.5. The Labute approximate surface area is 181 Å². The monoisotopic (exact) mass is 424 g/mol. The molecule has 31 heavy (non-hydrogen) atoms. The Balaban J connectivity index is 1.50. The van der Waals surface area contributed by atoms with Crippen LogP contribution in [0.2, 0.25) is 0 Å². The van der Waals surface area contributed by atoms with Gasteiger partial charge < -0.3 is 20.5 Å². The number of hydrogen-bond donors (Lipinski definition) is 3. The van der Waals surface area contributed by atoms with Gasteiger partial charge in [-0.15, -0.1) is 0 Å². The predicted molar refractivity (Wildman–Crippen MR) is 117 cm³/mol. The molecule has 3 rings (SSSR count). The zero-order chi connectivity index (χ0) is 22.4. The highest BCUT2D eigenvalue weighted by molar-refractivity contribution is 5.85. The number of hydrogen-bond acceptors (Lipinski definition) is 4. The summed E-state index contributed by atoms with van der Waals surface area (Å²) in [5, 5.41) is 14.0. The van der Waals surface area contributed by atoms with Crippen molar-refractivity contribution in [3.8, 4) is 11.1 Å². The summed E-state index contributed by atoms with van der Waals surface area (Å²) in [7, 11) is 0. The molecule has 0 saturated heterocycles. The number of carbonyl (C=O) groups excluding carboxylic acids is 2. The van der Waals surface area contributed by atoms with Gasteiger partial charge >= 0.3 is 12.1 Å². The number of carbonyl (C=O) groups is 3. The summed E-state index contributed by atoms with van der Waals surface area (Å²) in [5.74, 6) is -1.24. The number of aliphatic carboxylic acids is 1. The Morgan fingerprint density at radius 1 is 0.968 bits per heavy atom. The van der Waals surface area contributed by atoms with Crippen LogP contribution in [0.4, 0.5) is 4.79 Å². The smallest absolute Gasteiger partial charge is 0.407 e. The number of carboxylic acids is 1. The molecule has 0 fully saturated rings. The van der Waals surface area contributed by atoms with Gasteiger partial charge in [-0.2, -0.15) is 0 Å². The molecule has 3 N–H and O–H groups in total. The summed E-state index contributed by atoms with van der Waals surface area (Å²) in [5.41, 5.74) is 4.54. The van der Waals surface area contributed by atoms with E-state index in [0.29, 0.717) is 12.8 Å². The van der Waals surface area contributed by atoms with Gasteiger partial charge in [-0.1, -0.05) is 48.5 Å². The highest BCUT2D eigenvalue weighted by atomic mass is 16.5. The Kier molecular flexibility index (Phi) is 7.28. The molecule has 1 aliphatic carbocycles. The van der Waals surface area contributed by atoms with Gasteiger partial charge in [0.2, 0.25) is 5.91 Å². The van der Waals surface area contributed by atoms with Gasteiger partial charge in [0.15, 0.2) is 0 Å². The molecule has 0 saturated carbocycles. The molecule has 2 amide bonds. The second kappa shape index (κ2) is 10.1. The third-order valence-corrected chi connectivity index (χ3v) is 5.49. The third kappa shape index (κ3) is 5.63. The number of carboxylic acid groups (broad SMARTS) is 1. The lowest BCUT2D eigenvalue weighted by Gasteiger charge is -2.19. The van der Waals surface area contributed by atoms with Gasteiger partial charge in [0.05, 0.1) is 0 Å². The number of amides is 2. The van der Waals surface area contributed by atoms with E-state index in [1.165, 1.54) is 0 Å². The Bertz CT molecular complexity index is 913. The first-order valence-electron chi connectivity index (χ1n) is 10.5. The number of ether oxygens (including phenoxy) is 1. The molecule has 2 atom stereocenters. The molecule has 0 aromatic heterocycles. The van der Waals surface area contributed by atoms with E-state index in [1.807, 2.05) is 36.4 Å². The summed E-state index contributed by atoms with van der Waals surface area (Å²) in [4.78, 5) is 35.1. The molecule has 0 aliphatic heterocycles. The van der Waals surface area contributed by atoms with Gasteiger partial charge in [0.1, 0.15) is 12.6 Å². The molecule has 1 aliphatic rings. The fraction of sp³-hybridized carbons (Fsp3) is 0.375. The maximum absolute atomic E-state index is 12.3. The van der Waals surface area contributed by atoms with E-state index in [2.05, 4.69) is 22.8 Å². The SMILES string of the molecule is CC(CCCC(=O)O)NC(=O)[C@H](C)NC(=O)OCC1c2ccccc2-c2ccccc21. The first kappa shape index (κ1) is 22.3. The van der Waals surface area contributed by atoms with E-state index in [1.54, 1.807) is 13.8 Å². The van der Waals surface area contributed by atoms with Crippen LogP contribution >= 0.6 is 0 Å². The van der Waals surface area contributed by atoms with Gasteiger partial charge in [0, 0.05) is 18.4 Å². The lowest BCUT2D eigenvalue weighted by Crippen LogP contribution is -2.47. The summed E-state index contributed by atoms with van der Waals surface area (Å²) >= 11 is 0. The third-order valence-electron chi connectivity index (χ3n) is 5.49. The molecule has 7 heteroatoms. The molecule has 164 valence electrons. The zero-order valence-corrected chi connectivity index (χ0v) is 17.8. The van der Waals surface area contributed by atoms with E-state index in [4.69, 9.17) is 9.84 Å². The second-order valence-corrected chi connectivity index (χ2v) is 7.89. The molecule has 0 radical (unpaired) electrons.